The molecule has 0 heterocycles. The number of carboxylic acid groups (broad SMARTS) is 1. The van der Waals surface area contributed by atoms with Crippen molar-refractivity contribution in [2.24, 2.45) is 0 Å². The average Bonchev–Trinajstić information content (AvgIpc) is 1.38. The molecule has 0 spiro atoms. The van der Waals surface area contributed by atoms with Gasteiger partial charge in [0.2, 0.25) is 0 Å². The number of carboxylic acids is 1. The van der Waals surface area contributed by atoms with Crippen LogP contribution in [0.4, 0.5) is 0 Å². The van der Waals surface area contributed by atoms with Gasteiger partial charge in [0.15, 0.2) is 0 Å². The van der Waals surface area contributed by atoms with Crippen molar-refractivity contribution in [3.8, 4) is 0 Å². The summed E-state index contributed by atoms with van der Waals surface area (Å²) in [6.07, 6.45) is 0. The Morgan fingerprint density at radius 2 is 1.86 bits per heavy atom. The van der Waals surface area contributed by atoms with Crippen LogP contribution in [0.15, 0.2) is 0 Å². The summed E-state index contributed by atoms with van der Waals surface area (Å²) < 4.78 is 0. The molecule has 0 aromatic heterocycles. The molecule has 5 heteroatoms. The summed E-state index contributed by atoms with van der Waals surface area (Å²) in [6.45, 7) is -0.889. The first-order valence-electron chi connectivity index (χ1n) is 1.08. The summed E-state index contributed by atoms with van der Waals surface area (Å²) in [4.78, 5) is 9.01. The summed E-state index contributed by atoms with van der Waals surface area (Å²) in [7, 11) is 0. The Labute approximate surface area is 57.6 Å². The minimum absolute atomic E-state index is 0. The van der Waals surface area contributed by atoms with Crippen LogP contribution in [-0.2, 0) is 21.9 Å². The minimum atomic E-state index is -1.44. The second-order valence-corrected chi connectivity index (χ2v) is 0.530. The van der Waals surface area contributed by atoms with Gasteiger partial charge >= 0.3 is 17.1 Å². The summed E-state index contributed by atoms with van der Waals surface area (Å²) in [5, 5.41) is 16.5. The normalized spacial score (nSPS) is 5.29. The van der Waals surface area contributed by atoms with Crippen LogP contribution in [0.25, 0.3) is 0 Å². The molecule has 0 aliphatic heterocycles. The van der Waals surface area contributed by atoms with Gasteiger partial charge in [-0.05, 0) is 0 Å². The maximum atomic E-state index is 9.01. The van der Waals surface area contributed by atoms with E-state index in [9.17, 15) is 0 Å². The van der Waals surface area contributed by atoms with Gasteiger partial charge in [-0.1, -0.05) is 0 Å². The molecule has 0 aromatic carbocycles. The third-order valence-electron chi connectivity index (χ3n) is 0.129. The van der Waals surface area contributed by atoms with E-state index in [-0.39, 0.29) is 29.5 Å². The molecule has 0 unspecified atom stereocenters. The van der Waals surface area contributed by atoms with E-state index >= 15 is 0 Å². The second kappa shape index (κ2) is 9.53. The first-order chi connectivity index (χ1) is 2.27. The molecule has 0 aromatic rings. The SMILES string of the molecule is O=C([O-])CO.[Cl-].[Fe+3]. The van der Waals surface area contributed by atoms with Crippen molar-refractivity contribution in [3.63, 3.8) is 0 Å². The molecule has 0 aliphatic rings. The molecule has 1 N–H and O–H groups in total. The zero-order chi connectivity index (χ0) is 4.28. The van der Waals surface area contributed by atoms with Gasteiger partial charge in [-0.25, -0.2) is 0 Å². The molecule has 43 valence electrons. The van der Waals surface area contributed by atoms with E-state index < -0.39 is 12.6 Å². The van der Waals surface area contributed by atoms with Crippen LogP contribution in [0.3, 0.4) is 0 Å². The van der Waals surface area contributed by atoms with Gasteiger partial charge in [0, 0.05) is 0 Å². The van der Waals surface area contributed by atoms with Crippen LogP contribution in [0, 0.1) is 0 Å². The zero-order valence-electron chi connectivity index (χ0n) is 3.20. The van der Waals surface area contributed by atoms with Gasteiger partial charge in [0.1, 0.15) is 0 Å². The number of aliphatic hydroxyl groups is 1. The number of halogens is 1. The van der Waals surface area contributed by atoms with Gasteiger partial charge in [-0.2, -0.15) is 0 Å². The molecule has 0 fully saturated rings. The Morgan fingerprint density at radius 1 is 1.71 bits per heavy atom. The number of aliphatic carboxylic acids is 1. The molecule has 3 nitrogen and oxygen atoms in total. The number of aliphatic hydroxyl groups excluding tert-OH is 1. The van der Waals surface area contributed by atoms with Crippen molar-refractivity contribution in [1.82, 2.24) is 0 Å². The van der Waals surface area contributed by atoms with Crippen LogP contribution in [-0.4, -0.2) is 17.7 Å². The van der Waals surface area contributed by atoms with Crippen molar-refractivity contribution in [2.75, 3.05) is 6.61 Å². The van der Waals surface area contributed by atoms with Gasteiger partial charge in [-0.3, -0.25) is 0 Å². The Bertz CT molecular complexity index is 48.2. The van der Waals surface area contributed by atoms with E-state index in [1.807, 2.05) is 0 Å². The smallest absolute Gasteiger partial charge is 1.00 e. The molecule has 0 aliphatic carbocycles. The van der Waals surface area contributed by atoms with E-state index in [0.717, 1.165) is 0 Å². The maximum absolute atomic E-state index is 9.01. The van der Waals surface area contributed by atoms with Crippen LogP contribution >= 0.6 is 0 Å². The molecular weight excluding hydrogens is 163 g/mol. The van der Waals surface area contributed by atoms with Crippen molar-refractivity contribution >= 4 is 5.97 Å². The fourth-order valence-electron chi connectivity index (χ4n) is 0. The molecular formula is C2H3ClFeO3+. The van der Waals surface area contributed by atoms with E-state index in [0.29, 0.717) is 0 Å². The monoisotopic (exact) mass is 166 g/mol. The van der Waals surface area contributed by atoms with E-state index in [2.05, 4.69) is 0 Å². The number of rotatable bonds is 1. The number of hydrogen-bond donors (Lipinski definition) is 1. The Hall–Kier alpha value is 0.239. The first kappa shape index (κ1) is 15.7. The van der Waals surface area contributed by atoms with Crippen molar-refractivity contribution in [2.45, 2.75) is 0 Å². The zero-order valence-corrected chi connectivity index (χ0v) is 5.06. The van der Waals surface area contributed by atoms with Crippen LogP contribution in [0.5, 0.6) is 0 Å². The van der Waals surface area contributed by atoms with Crippen molar-refractivity contribution in [3.05, 3.63) is 0 Å². The molecule has 0 saturated heterocycles. The van der Waals surface area contributed by atoms with Crippen LogP contribution in [0.2, 0.25) is 0 Å². The molecule has 1 radical (unpaired) electrons. The number of carbonyl (C=O) groups excluding carboxylic acids is 1. The summed E-state index contributed by atoms with van der Waals surface area (Å²) in [5.74, 6) is -1.44. The summed E-state index contributed by atoms with van der Waals surface area (Å²) >= 11 is 0. The summed E-state index contributed by atoms with van der Waals surface area (Å²) in [6, 6.07) is 0. The van der Waals surface area contributed by atoms with Gasteiger partial charge in [-0.15, -0.1) is 0 Å². The molecule has 0 bridgehead atoms. The Balaban J connectivity index is -0.0000000800. The van der Waals surface area contributed by atoms with E-state index in [1.165, 1.54) is 0 Å². The Morgan fingerprint density at radius 3 is 1.86 bits per heavy atom. The fraction of sp³-hybridized carbons (Fsp3) is 0.500. The number of carbonyl (C=O) groups is 1. The van der Waals surface area contributed by atoms with Gasteiger partial charge in [0.05, 0.1) is 12.6 Å². The van der Waals surface area contributed by atoms with Crippen LogP contribution in [0.1, 0.15) is 0 Å². The Kier molecular flexibility index (Phi) is 21.3. The predicted octanol–water partition coefficient (Wildman–Crippen LogP) is -5.27. The average molecular weight is 166 g/mol. The third kappa shape index (κ3) is 22.4. The quantitative estimate of drug-likeness (QED) is 0.396. The van der Waals surface area contributed by atoms with Crippen LogP contribution < -0.4 is 17.5 Å². The van der Waals surface area contributed by atoms with E-state index in [4.69, 9.17) is 15.0 Å². The maximum Gasteiger partial charge on any atom is 3.00 e. The van der Waals surface area contributed by atoms with Crippen molar-refractivity contribution < 1.29 is 44.5 Å². The third-order valence-corrected chi connectivity index (χ3v) is 0.129. The first-order valence-corrected chi connectivity index (χ1v) is 1.08. The molecule has 0 saturated carbocycles. The van der Waals surface area contributed by atoms with Gasteiger partial charge < -0.3 is 27.4 Å². The predicted molar refractivity (Wildman–Crippen MR) is 12.1 cm³/mol. The molecule has 0 amide bonds. The fourth-order valence-corrected chi connectivity index (χ4v) is 0. The van der Waals surface area contributed by atoms with Gasteiger partial charge in [0.25, 0.3) is 0 Å². The summed E-state index contributed by atoms with van der Waals surface area (Å²) in [5.41, 5.74) is 0. The van der Waals surface area contributed by atoms with Crippen molar-refractivity contribution in [1.29, 1.82) is 0 Å². The minimum Gasteiger partial charge on any atom is -1.00 e. The topological polar surface area (TPSA) is 60.4 Å². The second-order valence-electron chi connectivity index (χ2n) is 0.530. The largest absolute Gasteiger partial charge is 3.00 e. The standard InChI is InChI=1S/C2H4O3.ClH.Fe/c3-1-2(4)5;;/h3H,1H2,(H,4,5);1H;/q;;+3/p-2. The molecule has 0 rings (SSSR count). The van der Waals surface area contributed by atoms with E-state index in [1.54, 1.807) is 0 Å². The number of hydrogen-bond acceptors (Lipinski definition) is 3. The molecule has 7 heavy (non-hydrogen) atoms. The molecule has 0 atom stereocenters.